The molecule has 1 aliphatic rings. The molecule has 0 aromatic heterocycles. The van der Waals surface area contributed by atoms with Crippen LogP contribution in [0.1, 0.15) is 0 Å². The second-order valence-electron chi connectivity index (χ2n) is 2.47. The first kappa shape index (κ1) is 9.21. The molecule has 0 saturated carbocycles. The van der Waals surface area contributed by atoms with Crippen LogP contribution >= 0.6 is 25.4 Å². The Hall–Kier alpha value is 0.120. The fourth-order valence-corrected chi connectivity index (χ4v) is 1.33. The van der Waals surface area contributed by atoms with Crippen molar-refractivity contribution in [1.82, 2.24) is 20.1 Å². The van der Waals surface area contributed by atoms with Crippen LogP contribution in [0.4, 0.5) is 0 Å². The van der Waals surface area contributed by atoms with Crippen molar-refractivity contribution in [2.45, 2.75) is 0 Å². The number of nitrogens with zero attached hydrogens (tertiary/aromatic N) is 3. The molecular weight excluding hydrogens is 180 g/mol. The van der Waals surface area contributed by atoms with Crippen molar-refractivity contribution in [2.75, 3.05) is 20.6 Å². The van der Waals surface area contributed by atoms with Crippen LogP contribution in [-0.4, -0.2) is 35.2 Å². The van der Waals surface area contributed by atoms with Gasteiger partial charge in [0.1, 0.15) is 0 Å². The van der Waals surface area contributed by atoms with Crippen molar-refractivity contribution in [3.63, 3.8) is 0 Å². The average Bonchev–Trinajstić information content (AvgIpc) is 1.85. The van der Waals surface area contributed by atoms with Gasteiger partial charge in [-0.25, -0.2) is 10.1 Å². The van der Waals surface area contributed by atoms with Gasteiger partial charge < -0.3 is 0 Å². The third-order valence-corrected chi connectivity index (χ3v) is 1.72. The summed E-state index contributed by atoms with van der Waals surface area (Å²) in [4.78, 5) is 0.965. The largest absolute Gasteiger partial charge is 0.231 e. The van der Waals surface area contributed by atoms with Gasteiger partial charge in [-0.05, 0) is 0 Å². The molecule has 0 fully saturated rings. The van der Waals surface area contributed by atoms with E-state index >= 15 is 0 Å². The summed E-state index contributed by atoms with van der Waals surface area (Å²) in [5, 5.41) is 3.68. The first-order chi connectivity index (χ1) is 5.09. The van der Waals surface area contributed by atoms with Crippen molar-refractivity contribution < 1.29 is 0 Å². The zero-order chi connectivity index (χ0) is 8.43. The quantitative estimate of drug-likeness (QED) is 0.513. The van der Waals surface area contributed by atoms with Crippen LogP contribution in [-0.2, 0) is 0 Å². The van der Waals surface area contributed by atoms with E-state index in [1.807, 2.05) is 25.3 Å². The van der Waals surface area contributed by atoms with Gasteiger partial charge >= 0.3 is 0 Å². The van der Waals surface area contributed by atoms with Crippen molar-refractivity contribution in [2.24, 2.45) is 0 Å². The predicted octanol–water partition coefficient (Wildman–Crippen LogP) is 0.116. The van der Waals surface area contributed by atoms with E-state index in [9.17, 15) is 0 Å². The maximum absolute atomic E-state index is 4.24. The topological polar surface area (TPSA) is 21.8 Å². The summed E-state index contributed by atoms with van der Waals surface area (Å²) in [5.74, 6) is 0. The monoisotopic (exact) mass is 192 g/mol. The zero-order valence-corrected chi connectivity index (χ0v) is 8.31. The molecule has 0 atom stereocenters. The third-order valence-electron chi connectivity index (χ3n) is 1.23. The molecule has 1 aliphatic heterocycles. The number of rotatable bonds is 1. The molecule has 6 heteroatoms. The lowest BCUT2D eigenvalue weighted by Crippen LogP contribution is -2.52. The van der Waals surface area contributed by atoms with Gasteiger partial charge in [-0.3, -0.25) is 0 Å². The van der Waals surface area contributed by atoms with Crippen molar-refractivity contribution >= 4 is 25.4 Å². The summed E-state index contributed by atoms with van der Waals surface area (Å²) in [5.41, 5.74) is 2.98. The molecule has 0 radical (unpaired) electrons. The summed E-state index contributed by atoms with van der Waals surface area (Å²) in [6.07, 6.45) is 1.90. The van der Waals surface area contributed by atoms with E-state index in [1.54, 1.807) is 9.53 Å². The zero-order valence-electron chi connectivity index (χ0n) is 6.52. The third kappa shape index (κ3) is 2.57. The summed E-state index contributed by atoms with van der Waals surface area (Å²) in [7, 11) is 3.86. The Balaban J connectivity index is 2.61. The highest BCUT2D eigenvalue weighted by Crippen LogP contribution is 2.11. The van der Waals surface area contributed by atoms with Crippen LogP contribution in [0.3, 0.4) is 0 Å². The van der Waals surface area contributed by atoms with Gasteiger partial charge in [0, 0.05) is 25.2 Å². The molecule has 4 nitrogen and oxygen atoms in total. The van der Waals surface area contributed by atoms with Gasteiger partial charge in [0.25, 0.3) is 0 Å². The predicted molar refractivity (Wildman–Crippen MR) is 51.4 cm³/mol. The fourth-order valence-electron chi connectivity index (χ4n) is 0.723. The minimum atomic E-state index is 0.705. The molecule has 0 aliphatic carbocycles. The Morgan fingerprint density at radius 1 is 1.64 bits per heavy atom. The van der Waals surface area contributed by atoms with Gasteiger partial charge in [0.05, 0.1) is 6.54 Å². The first-order valence-corrected chi connectivity index (χ1v) is 4.03. The second-order valence-corrected chi connectivity index (χ2v) is 3.53. The van der Waals surface area contributed by atoms with Crippen LogP contribution in [0, 0.1) is 0 Å². The van der Waals surface area contributed by atoms with E-state index in [0.29, 0.717) is 6.54 Å². The number of hydrogen-bond donors (Lipinski definition) is 3. The number of hydrogen-bond acceptors (Lipinski definition) is 6. The second kappa shape index (κ2) is 3.68. The van der Waals surface area contributed by atoms with E-state index in [1.165, 1.54) is 0 Å². The maximum Gasteiger partial charge on any atom is 0.0583 e. The minimum Gasteiger partial charge on any atom is -0.231 e. The Kier molecular flexibility index (Phi) is 3.08. The molecular formula is C5H12N4S2. The lowest BCUT2D eigenvalue weighted by Gasteiger charge is -2.35. The molecule has 0 unspecified atom stereocenters. The molecule has 0 bridgehead atoms. The van der Waals surface area contributed by atoms with Gasteiger partial charge in [-0.15, -0.1) is 18.2 Å². The number of hydrazine groups is 3. The lowest BCUT2D eigenvalue weighted by atomic mass is 10.6. The molecule has 0 aromatic carbocycles. The van der Waals surface area contributed by atoms with Gasteiger partial charge in [-0.1, -0.05) is 12.8 Å². The standard InChI is InChI=1S/C5H12N4S2/c1-7(2)8-3-5(10)4-9(11)6-8/h3,6,10-11H,4H2,1-2H3. The Morgan fingerprint density at radius 3 is 2.73 bits per heavy atom. The van der Waals surface area contributed by atoms with Gasteiger partial charge in [-0.2, -0.15) is 4.41 Å². The van der Waals surface area contributed by atoms with Crippen LogP contribution in [0.15, 0.2) is 11.1 Å². The molecule has 0 amide bonds. The molecule has 64 valence electrons. The van der Waals surface area contributed by atoms with Crippen molar-refractivity contribution in [3.05, 3.63) is 11.1 Å². The lowest BCUT2D eigenvalue weighted by molar-refractivity contribution is -0.0325. The van der Waals surface area contributed by atoms with E-state index in [0.717, 1.165) is 4.91 Å². The molecule has 0 spiro atoms. The molecule has 0 saturated heterocycles. The van der Waals surface area contributed by atoms with E-state index < -0.39 is 0 Å². The molecule has 1 rings (SSSR count). The minimum absolute atomic E-state index is 0.705. The van der Waals surface area contributed by atoms with E-state index in [4.69, 9.17) is 0 Å². The van der Waals surface area contributed by atoms with Crippen LogP contribution in [0.25, 0.3) is 0 Å². The van der Waals surface area contributed by atoms with Crippen LogP contribution in [0.2, 0.25) is 0 Å². The summed E-state index contributed by atoms with van der Waals surface area (Å²) >= 11 is 8.38. The number of nitrogens with one attached hydrogen (secondary N) is 1. The highest BCUT2D eigenvalue weighted by atomic mass is 32.1. The van der Waals surface area contributed by atoms with E-state index in [-0.39, 0.29) is 0 Å². The highest BCUT2D eigenvalue weighted by molar-refractivity contribution is 7.84. The molecule has 1 heterocycles. The van der Waals surface area contributed by atoms with E-state index in [2.05, 4.69) is 31.0 Å². The number of thiol groups is 2. The molecule has 1 N–H and O–H groups in total. The van der Waals surface area contributed by atoms with Crippen molar-refractivity contribution in [3.8, 4) is 0 Å². The summed E-state index contributed by atoms with van der Waals surface area (Å²) < 4.78 is 1.66. The highest BCUT2D eigenvalue weighted by Gasteiger charge is 2.13. The average molecular weight is 192 g/mol. The Bertz CT molecular complexity index is 170. The smallest absolute Gasteiger partial charge is 0.0583 e. The van der Waals surface area contributed by atoms with Crippen molar-refractivity contribution in [1.29, 1.82) is 0 Å². The molecule has 0 aromatic rings. The van der Waals surface area contributed by atoms with Crippen LogP contribution in [0.5, 0.6) is 0 Å². The summed E-state index contributed by atoms with van der Waals surface area (Å²) in [6.45, 7) is 0.705. The van der Waals surface area contributed by atoms with Gasteiger partial charge in [0.15, 0.2) is 0 Å². The fraction of sp³-hybridized carbons (Fsp3) is 0.600. The maximum atomic E-state index is 4.24. The van der Waals surface area contributed by atoms with Gasteiger partial charge in [0.2, 0.25) is 0 Å². The molecule has 11 heavy (non-hydrogen) atoms. The SMILES string of the molecule is CN(C)N1C=C(S)CN(S)N1. The Morgan fingerprint density at radius 2 is 2.27 bits per heavy atom. The normalized spacial score (nSPS) is 20.8. The van der Waals surface area contributed by atoms with Crippen LogP contribution < -0.4 is 5.53 Å². The first-order valence-electron chi connectivity index (χ1n) is 3.18. The summed E-state index contributed by atoms with van der Waals surface area (Å²) in [6, 6.07) is 0. The Labute approximate surface area is 77.7 Å².